The number of carbonyl (C=O) groups is 1. The van der Waals surface area contributed by atoms with Crippen molar-refractivity contribution in [2.45, 2.75) is 30.2 Å². The van der Waals surface area contributed by atoms with Crippen molar-refractivity contribution in [1.29, 1.82) is 0 Å². The number of hydrogen-bond donors (Lipinski definition) is 1. The van der Waals surface area contributed by atoms with Crippen LogP contribution in [0.4, 0.5) is 8.78 Å². The quantitative estimate of drug-likeness (QED) is 0.868. The van der Waals surface area contributed by atoms with Crippen LogP contribution in [-0.4, -0.2) is 61.4 Å². The maximum atomic E-state index is 14.0. The molecule has 0 amide bonds. The molecule has 0 saturated carbocycles. The first-order chi connectivity index (χ1) is 11.7. The first kappa shape index (κ1) is 18.2. The summed E-state index contributed by atoms with van der Waals surface area (Å²) in [6.07, 6.45) is 1.40. The van der Waals surface area contributed by atoms with Gasteiger partial charge in [0, 0.05) is 25.2 Å². The lowest BCUT2D eigenvalue weighted by atomic mass is 9.69. The molecule has 0 unspecified atom stereocenters. The fourth-order valence-corrected chi connectivity index (χ4v) is 5.49. The highest BCUT2D eigenvalue weighted by atomic mass is 32.2. The van der Waals surface area contributed by atoms with Gasteiger partial charge in [0.15, 0.2) is 0 Å². The van der Waals surface area contributed by atoms with E-state index >= 15 is 0 Å². The molecule has 0 bridgehead atoms. The number of likely N-dealkylation sites (tertiary alicyclic amines) is 1. The molecule has 2 atom stereocenters. The number of aliphatic carboxylic acids is 1. The Morgan fingerprint density at radius 2 is 2.00 bits per heavy atom. The molecule has 1 aromatic carbocycles. The summed E-state index contributed by atoms with van der Waals surface area (Å²) in [5, 5.41) is 9.73. The third kappa shape index (κ3) is 2.94. The second-order valence-corrected chi connectivity index (χ2v) is 8.66. The van der Waals surface area contributed by atoms with Crippen molar-refractivity contribution in [1.82, 2.24) is 9.21 Å². The molecule has 0 spiro atoms. The predicted octanol–water partition coefficient (Wildman–Crippen LogP) is 1.52. The molecular formula is C16H20F2N2O4S. The number of piperidine rings is 2. The van der Waals surface area contributed by atoms with Gasteiger partial charge in [0.25, 0.3) is 0 Å². The van der Waals surface area contributed by atoms with E-state index in [9.17, 15) is 27.1 Å². The lowest BCUT2D eigenvalue weighted by molar-refractivity contribution is -0.160. The van der Waals surface area contributed by atoms with E-state index in [4.69, 9.17) is 0 Å². The van der Waals surface area contributed by atoms with Crippen molar-refractivity contribution in [2.24, 2.45) is 5.41 Å². The highest BCUT2D eigenvalue weighted by molar-refractivity contribution is 7.89. The maximum absolute atomic E-state index is 14.0. The van der Waals surface area contributed by atoms with Crippen molar-refractivity contribution >= 4 is 16.0 Å². The molecular weight excluding hydrogens is 354 g/mol. The Kier molecular flexibility index (Phi) is 4.59. The Bertz CT molecular complexity index is 801. The number of fused-ring (bicyclic) bond motifs is 1. The molecule has 9 heteroatoms. The highest BCUT2D eigenvalue weighted by Crippen LogP contribution is 2.43. The van der Waals surface area contributed by atoms with Crippen LogP contribution in [0.1, 0.15) is 19.3 Å². The molecule has 1 aromatic rings. The highest BCUT2D eigenvalue weighted by Gasteiger charge is 2.53. The number of halogens is 2. The average Bonchev–Trinajstić information content (AvgIpc) is 2.54. The van der Waals surface area contributed by atoms with Gasteiger partial charge in [0.1, 0.15) is 16.5 Å². The molecule has 3 rings (SSSR count). The molecule has 25 heavy (non-hydrogen) atoms. The van der Waals surface area contributed by atoms with Crippen molar-refractivity contribution in [3.05, 3.63) is 29.8 Å². The van der Waals surface area contributed by atoms with Gasteiger partial charge < -0.3 is 10.0 Å². The van der Waals surface area contributed by atoms with Gasteiger partial charge in [-0.1, -0.05) is 0 Å². The number of hydrogen-bond acceptors (Lipinski definition) is 4. The van der Waals surface area contributed by atoms with Gasteiger partial charge in [0.2, 0.25) is 10.0 Å². The van der Waals surface area contributed by atoms with Crippen LogP contribution in [0.2, 0.25) is 0 Å². The van der Waals surface area contributed by atoms with Crippen LogP contribution in [0, 0.1) is 17.0 Å². The largest absolute Gasteiger partial charge is 0.481 e. The second kappa shape index (κ2) is 6.30. The Balaban J connectivity index is 1.94. The standard InChI is InChI=1S/C16H20F2N2O4S/c1-19-7-2-5-16(15(21)22)6-8-20(10-14(16)19)25(23,24)13-4-3-11(17)9-12(13)18/h3-4,9,14H,2,5-8,10H2,1H3,(H,21,22)/t14-,16+/m1/s1. The minimum atomic E-state index is -4.16. The lowest BCUT2D eigenvalue weighted by Gasteiger charge is -2.51. The third-order valence-electron chi connectivity index (χ3n) is 5.43. The molecule has 2 heterocycles. The zero-order valence-electron chi connectivity index (χ0n) is 13.8. The van der Waals surface area contributed by atoms with Crippen LogP contribution in [0.3, 0.4) is 0 Å². The Morgan fingerprint density at radius 3 is 2.64 bits per heavy atom. The van der Waals surface area contributed by atoms with Crippen LogP contribution in [0.25, 0.3) is 0 Å². The van der Waals surface area contributed by atoms with Gasteiger partial charge in [-0.3, -0.25) is 4.79 Å². The molecule has 1 N–H and O–H groups in total. The third-order valence-corrected chi connectivity index (χ3v) is 7.32. The van der Waals surface area contributed by atoms with Crippen molar-refractivity contribution in [3.63, 3.8) is 0 Å². The van der Waals surface area contributed by atoms with Crippen LogP contribution < -0.4 is 0 Å². The molecule has 0 radical (unpaired) electrons. The lowest BCUT2D eigenvalue weighted by Crippen LogP contribution is -2.63. The minimum absolute atomic E-state index is 0.00418. The topological polar surface area (TPSA) is 77.9 Å². The fraction of sp³-hybridized carbons (Fsp3) is 0.562. The fourth-order valence-electron chi connectivity index (χ4n) is 4.00. The molecule has 2 fully saturated rings. The monoisotopic (exact) mass is 374 g/mol. The van der Waals surface area contributed by atoms with Crippen molar-refractivity contribution in [3.8, 4) is 0 Å². The summed E-state index contributed by atoms with van der Waals surface area (Å²) in [6, 6.07) is 1.86. The Hall–Kier alpha value is -1.58. The van der Waals surface area contributed by atoms with Crippen LogP contribution in [0.5, 0.6) is 0 Å². The zero-order chi connectivity index (χ0) is 18.4. The van der Waals surface area contributed by atoms with Gasteiger partial charge >= 0.3 is 5.97 Å². The minimum Gasteiger partial charge on any atom is -0.481 e. The summed E-state index contributed by atoms with van der Waals surface area (Å²) in [6.45, 7) is 0.649. The number of likely N-dealkylation sites (N-methyl/N-ethyl adjacent to an activating group) is 1. The van der Waals surface area contributed by atoms with E-state index in [1.54, 1.807) is 7.05 Å². The van der Waals surface area contributed by atoms with E-state index in [1.165, 1.54) is 0 Å². The summed E-state index contributed by atoms with van der Waals surface area (Å²) in [4.78, 5) is 13.2. The number of carboxylic acid groups (broad SMARTS) is 1. The van der Waals surface area contributed by atoms with Crippen molar-refractivity contribution in [2.75, 3.05) is 26.7 Å². The number of rotatable bonds is 3. The normalized spacial score (nSPS) is 28.5. The van der Waals surface area contributed by atoms with Crippen LogP contribution in [-0.2, 0) is 14.8 Å². The van der Waals surface area contributed by atoms with E-state index in [2.05, 4.69) is 0 Å². The summed E-state index contributed by atoms with van der Waals surface area (Å²) < 4.78 is 53.7. The molecule has 0 aliphatic carbocycles. The number of benzene rings is 1. The van der Waals surface area contributed by atoms with Crippen LogP contribution in [0.15, 0.2) is 23.1 Å². The molecule has 2 saturated heterocycles. The Labute approximate surface area is 145 Å². The Morgan fingerprint density at radius 1 is 1.28 bits per heavy atom. The molecule has 2 aliphatic heterocycles. The first-order valence-electron chi connectivity index (χ1n) is 8.07. The van der Waals surface area contributed by atoms with E-state index in [-0.39, 0.29) is 19.5 Å². The SMILES string of the molecule is CN1CCC[C@]2(C(=O)O)CCN(S(=O)(=O)c3ccc(F)cc3F)C[C@@H]12. The number of sulfonamides is 1. The molecule has 138 valence electrons. The van der Waals surface area contributed by atoms with Crippen LogP contribution >= 0.6 is 0 Å². The predicted molar refractivity (Wildman–Crippen MR) is 85.5 cm³/mol. The number of carboxylic acids is 1. The van der Waals surface area contributed by atoms with Gasteiger partial charge in [-0.05, 0) is 45.0 Å². The summed E-state index contributed by atoms with van der Waals surface area (Å²) >= 11 is 0. The molecule has 2 aliphatic rings. The summed E-state index contributed by atoms with van der Waals surface area (Å²) in [5.74, 6) is -2.92. The van der Waals surface area contributed by atoms with Gasteiger partial charge in [0.05, 0.1) is 5.41 Å². The molecule has 6 nitrogen and oxygen atoms in total. The first-order valence-corrected chi connectivity index (χ1v) is 9.51. The van der Waals surface area contributed by atoms with E-state index < -0.39 is 44.0 Å². The van der Waals surface area contributed by atoms with E-state index in [0.717, 1.165) is 22.9 Å². The van der Waals surface area contributed by atoms with Gasteiger partial charge in [-0.15, -0.1) is 0 Å². The smallest absolute Gasteiger partial charge is 0.311 e. The zero-order valence-corrected chi connectivity index (χ0v) is 14.6. The van der Waals surface area contributed by atoms with E-state index in [1.807, 2.05) is 4.90 Å². The second-order valence-electron chi connectivity index (χ2n) is 6.75. The summed E-state index contributed by atoms with van der Waals surface area (Å²) in [5.41, 5.74) is -0.986. The van der Waals surface area contributed by atoms with E-state index in [0.29, 0.717) is 19.0 Å². The van der Waals surface area contributed by atoms with Gasteiger partial charge in [-0.2, -0.15) is 4.31 Å². The number of nitrogens with zero attached hydrogens (tertiary/aromatic N) is 2. The summed E-state index contributed by atoms with van der Waals surface area (Å²) in [7, 11) is -2.39. The molecule has 0 aromatic heterocycles. The maximum Gasteiger partial charge on any atom is 0.311 e. The van der Waals surface area contributed by atoms with Gasteiger partial charge in [-0.25, -0.2) is 17.2 Å². The van der Waals surface area contributed by atoms with Crippen molar-refractivity contribution < 1.29 is 27.1 Å². The average molecular weight is 374 g/mol.